The Bertz CT molecular complexity index is 933. The number of nitrogens with zero attached hydrogens (tertiary/aromatic N) is 2. The molecule has 1 fully saturated rings. The maximum absolute atomic E-state index is 13.3. The van der Waals surface area contributed by atoms with Gasteiger partial charge in [-0.25, -0.2) is 9.59 Å². The Morgan fingerprint density at radius 3 is 2.20 bits per heavy atom. The van der Waals surface area contributed by atoms with Crippen LogP contribution in [-0.2, 0) is 19.1 Å². The number of piperidine rings is 1. The van der Waals surface area contributed by atoms with Crippen LogP contribution in [0.25, 0.3) is 0 Å². The number of likely N-dealkylation sites (tertiary alicyclic amines) is 1. The van der Waals surface area contributed by atoms with Crippen LogP contribution < -0.4 is 5.32 Å². The summed E-state index contributed by atoms with van der Waals surface area (Å²) in [6.07, 6.45) is 1.39. The van der Waals surface area contributed by atoms with Gasteiger partial charge in [-0.2, -0.15) is 0 Å². The minimum atomic E-state index is -0.586. The van der Waals surface area contributed by atoms with Crippen LogP contribution in [0, 0.1) is 5.92 Å². The second-order valence-corrected chi connectivity index (χ2v) is 9.33. The molecule has 1 saturated heterocycles. The molecule has 3 rings (SSSR count). The van der Waals surface area contributed by atoms with Gasteiger partial charge in [0.2, 0.25) is 0 Å². The number of rotatable bonds is 9. The van der Waals surface area contributed by atoms with Crippen LogP contribution in [0.15, 0.2) is 35.5 Å². The topological polar surface area (TPSA) is 88.2 Å². The molecule has 35 heavy (non-hydrogen) atoms. The lowest BCUT2D eigenvalue weighted by atomic mass is 9.91. The summed E-state index contributed by atoms with van der Waals surface area (Å²) in [5, 5.41) is 3.02. The van der Waals surface area contributed by atoms with Crippen molar-refractivity contribution >= 4 is 18.0 Å². The molecule has 1 aromatic carbocycles. The Labute approximate surface area is 208 Å². The van der Waals surface area contributed by atoms with E-state index in [1.165, 1.54) is 5.56 Å². The summed E-state index contributed by atoms with van der Waals surface area (Å²) in [6, 6.07) is 7.22. The van der Waals surface area contributed by atoms with E-state index in [0.717, 1.165) is 5.56 Å². The number of likely N-dealkylation sites (N-methyl/N-ethyl adjacent to an activating group) is 1. The first kappa shape index (κ1) is 26.7. The maximum Gasteiger partial charge on any atom is 0.338 e. The quantitative estimate of drug-likeness (QED) is 0.532. The summed E-state index contributed by atoms with van der Waals surface area (Å²) in [4.78, 5) is 42.3. The zero-order chi connectivity index (χ0) is 25.5. The van der Waals surface area contributed by atoms with Gasteiger partial charge in [-0.05, 0) is 63.7 Å². The molecule has 2 aliphatic rings. The Balaban J connectivity index is 1.93. The van der Waals surface area contributed by atoms with Gasteiger partial charge in [0, 0.05) is 18.8 Å². The van der Waals surface area contributed by atoms with Gasteiger partial charge in [-0.15, -0.1) is 0 Å². The zero-order valence-electron chi connectivity index (χ0n) is 21.6. The number of esters is 2. The lowest BCUT2D eigenvalue weighted by molar-refractivity contribution is -0.149. The van der Waals surface area contributed by atoms with Crippen molar-refractivity contribution < 1.29 is 23.9 Å². The highest BCUT2D eigenvalue weighted by Crippen LogP contribution is 2.33. The predicted octanol–water partition coefficient (Wildman–Crippen LogP) is 3.99. The zero-order valence-corrected chi connectivity index (χ0v) is 21.6. The largest absolute Gasteiger partial charge is 0.466 e. The molecule has 1 N–H and O–H groups in total. The highest BCUT2D eigenvalue weighted by atomic mass is 16.5. The summed E-state index contributed by atoms with van der Waals surface area (Å²) < 4.78 is 10.7. The van der Waals surface area contributed by atoms with Gasteiger partial charge in [0.15, 0.2) is 0 Å². The van der Waals surface area contributed by atoms with Gasteiger partial charge in [0.05, 0.1) is 30.7 Å². The molecular formula is C27H39N3O5. The van der Waals surface area contributed by atoms with Crippen LogP contribution >= 0.6 is 0 Å². The lowest BCUT2D eigenvalue weighted by Crippen LogP contribution is -2.51. The van der Waals surface area contributed by atoms with Crippen molar-refractivity contribution in [3.05, 3.63) is 46.7 Å². The normalized spacial score (nSPS) is 19.7. The van der Waals surface area contributed by atoms with Gasteiger partial charge in [0.25, 0.3) is 0 Å². The van der Waals surface area contributed by atoms with E-state index in [1.807, 2.05) is 38.1 Å². The number of nitrogens with one attached hydrogen (secondary N) is 1. The predicted molar refractivity (Wildman–Crippen MR) is 134 cm³/mol. The first-order valence-electron chi connectivity index (χ1n) is 12.8. The molecule has 192 valence electrons. The molecule has 2 amide bonds. The molecule has 1 atom stereocenters. The van der Waals surface area contributed by atoms with Crippen molar-refractivity contribution in [3.8, 4) is 0 Å². The summed E-state index contributed by atoms with van der Waals surface area (Å²) in [7, 11) is 0. The number of carbonyl (C=O) groups excluding carboxylic acids is 3. The van der Waals surface area contributed by atoms with Crippen LogP contribution in [0.5, 0.6) is 0 Å². The fourth-order valence-corrected chi connectivity index (χ4v) is 4.78. The lowest BCUT2D eigenvalue weighted by Gasteiger charge is -2.39. The number of urea groups is 1. The molecule has 0 aromatic heterocycles. The minimum absolute atomic E-state index is 0.103. The average Bonchev–Trinajstić information content (AvgIpc) is 2.84. The molecule has 0 radical (unpaired) electrons. The molecule has 0 spiro atoms. The first-order valence-corrected chi connectivity index (χ1v) is 12.8. The third kappa shape index (κ3) is 6.23. The van der Waals surface area contributed by atoms with Gasteiger partial charge >= 0.3 is 18.0 Å². The van der Waals surface area contributed by atoms with Crippen molar-refractivity contribution in [1.82, 2.24) is 15.1 Å². The van der Waals surface area contributed by atoms with Crippen LogP contribution in [0.3, 0.4) is 0 Å². The van der Waals surface area contributed by atoms with Crippen LogP contribution in [0.2, 0.25) is 0 Å². The van der Waals surface area contributed by atoms with Crippen molar-refractivity contribution in [1.29, 1.82) is 0 Å². The van der Waals surface area contributed by atoms with Gasteiger partial charge in [-0.3, -0.25) is 14.6 Å². The highest BCUT2D eigenvalue weighted by Gasteiger charge is 2.39. The number of benzene rings is 1. The van der Waals surface area contributed by atoms with Gasteiger partial charge in [-0.1, -0.05) is 38.1 Å². The number of hydrogen-bond acceptors (Lipinski definition) is 6. The number of amides is 2. The smallest absolute Gasteiger partial charge is 0.338 e. The fourth-order valence-electron chi connectivity index (χ4n) is 4.78. The van der Waals surface area contributed by atoms with Crippen LogP contribution in [0.1, 0.15) is 70.5 Å². The second kappa shape index (κ2) is 12.2. The molecule has 0 bridgehead atoms. The average molecular weight is 486 g/mol. The maximum atomic E-state index is 13.3. The molecule has 0 saturated carbocycles. The SMILES string of the molecule is CCOC(=O)C1=C(CN2CCC(C(=O)OCC)CC2)N(CC)C(=O)NC1c1ccc(C(C)C)cc1. The Morgan fingerprint density at radius 1 is 1.03 bits per heavy atom. The summed E-state index contributed by atoms with van der Waals surface area (Å²) in [5.74, 6) is -0.279. The Hall–Kier alpha value is -2.87. The van der Waals surface area contributed by atoms with Crippen molar-refractivity contribution in [2.24, 2.45) is 5.92 Å². The number of carbonyl (C=O) groups is 3. The van der Waals surface area contributed by atoms with E-state index in [4.69, 9.17) is 9.47 Å². The minimum Gasteiger partial charge on any atom is -0.466 e. The van der Waals surface area contributed by atoms with Crippen molar-refractivity contribution in [2.45, 2.75) is 59.4 Å². The van der Waals surface area contributed by atoms with Gasteiger partial charge < -0.3 is 14.8 Å². The number of ether oxygens (including phenoxy) is 2. The summed E-state index contributed by atoms with van der Waals surface area (Å²) in [6.45, 7) is 12.6. The third-order valence-corrected chi connectivity index (χ3v) is 6.77. The molecule has 2 heterocycles. The monoisotopic (exact) mass is 485 g/mol. The van der Waals surface area contributed by atoms with Crippen molar-refractivity contribution in [2.75, 3.05) is 39.4 Å². The van der Waals surface area contributed by atoms with Gasteiger partial charge in [0.1, 0.15) is 0 Å². The van der Waals surface area contributed by atoms with E-state index in [2.05, 4.69) is 24.1 Å². The van der Waals surface area contributed by atoms with Crippen LogP contribution in [-0.4, -0.2) is 67.2 Å². The third-order valence-electron chi connectivity index (χ3n) is 6.77. The van der Waals surface area contributed by atoms with Crippen LogP contribution in [0.4, 0.5) is 4.79 Å². The summed E-state index contributed by atoms with van der Waals surface area (Å²) in [5.41, 5.74) is 3.18. The summed E-state index contributed by atoms with van der Waals surface area (Å²) >= 11 is 0. The second-order valence-electron chi connectivity index (χ2n) is 9.33. The molecular weight excluding hydrogens is 446 g/mol. The standard InChI is InChI=1S/C27H39N3O5/c1-6-30-22(17-29-15-13-21(14-16-29)25(31)34-7-2)23(26(32)35-8-3)24(28-27(30)33)20-11-9-19(10-12-20)18(4)5/h9-12,18,21,24H,6-8,13-17H2,1-5H3,(H,28,33). The highest BCUT2D eigenvalue weighted by molar-refractivity contribution is 5.95. The number of hydrogen-bond donors (Lipinski definition) is 1. The van der Waals surface area contributed by atoms with E-state index < -0.39 is 12.0 Å². The molecule has 8 heteroatoms. The molecule has 2 aliphatic heterocycles. The van der Waals surface area contributed by atoms with Crippen molar-refractivity contribution in [3.63, 3.8) is 0 Å². The Kier molecular flexibility index (Phi) is 9.32. The van der Waals surface area contributed by atoms with E-state index in [0.29, 0.717) is 62.8 Å². The fraction of sp³-hybridized carbons (Fsp3) is 0.593. The van der Waals surface area contributed by atoms with E-state index in [9.17, 15) is 14.4 Å². The van der Waals surface area contributed by atoms with E-state index in [1.54, 1.807) is 11.8 Å². The first-order chi connectivity index (χ1) is 16.8. The molecule has 8 nitrogen and oxygen atoms in total. The molecule has 1 unspecified atom stereocenters. The van der Waals surface area contributed by atoms with E-state index >= 15 is 0 Å². The molecule has 0 aliphatic carbocycles. The van der Waals surface area contributed by atoms with E-state index in [-0.39, 0.29) is 24.5 Å². The molecule has 1 aromatic rings. The Morgan fingerprint density at radius 2 is 1.66 bits per heavy atom.